The van der Waals surface area contributed by atoms with Gasteiger partial charge in [-0.25, -0.2) is 4.79 Å². The Balaban J connectivity index is 1.63. The van der Waals surface area contributed by atoms with Crippen molar-refractivity contribution in [2.45, 2.75) is 64.6 Å². The van der Waals surface area contributed by atoms with Crippen LogP contribution in [0.2, 0.25) is 0 Å². The number of thioether (sulfide) groups is 1. The Morgan fingerprint density at radius 2 is 1.65 bits per heavy atom. The van der Waals surface area contributed by atoms with E-state index in [2.05, 4.69) is 5.32 Å². The predicted molar refractivity (Wildman–Crippen MR) is 145 cm³/mol. The maximum Gasteiger partial charge on any atom is 0.329 e. The van der Waals surface area contributed by atoms with E-state index in [-0.39, 0.29) is 28.7 Å². The van der Waals surface area contributed by atoms with Gasteiger partial charge in [-0.2, -0.15) is 0 Å². The number of hydrogen-bond donors (Lipinski definition) is 1. The first-order chi connectivity index (χ1) is 17.5. The Morgan fingerprint density at radius 3 is 2.27 bits per heavy atom. The van der Waals surface area contributed by atoms with Gasteiger partial charge in [-0.05, 0) is 51.3 Å². The average Bonchev–Trinajstić information content (AvgIpc) is 3.36. The Hall–Kier alpha value is -3.13. The minimum Gasteiger partial charge on any atom is -0.458 e. The van der Waals surface area contributed by atoms with Gasteiger partial charge < -0.3 is 15.0 Å². The van der Waals surface area contributed by atoms with Gasteiger partial charge in [0, 0.05) is 30.2 Å². The van der Waals surface area contributed by atoms with Gasteiger partial charge in [-0.1, -0.05) is 67.2 Å². The van der Waals surface area contributed by atoms with Crippen LogP contribution in [0.15, 0.2) is 60.7 Å². The average molecular weight is 525 g/mol. The molecule has 1 aliphatic rings. The molecule has 2 amide bonds. The number of likely N-dealkylation sites (tertiary alicyclic amines) is 1. The van der Waals surface area contributed by atoms with Crippen molar-refractivity contribution in [2.24, 2.45) is 5.92 Å². The minimum atomic E-state index is -0.747. The van der Waals surface area contributed by atoms with Crippen LogP contribution in [0.25, 0.3) is 0 Å². The molecule has 0 aromatic heterocycles. The topological polar surface area (TPSA) is 92.8 Å². The summed E-state index contributed by atoms with van der Waals surface area (Å²) in [6.07, 6.45) is 1.66. The molecule has 1 aliphatic heterocycles. The zero-order valence-electron chi connectivity index (χ0n) is 21.9. The molecule has 198 valence electrons. The lowest BCUT2D eigenvalue weighted by Crippen LogP contribution is -2.46. The number of ether oxygens (including phenoxy) is 1. The van der Waals surface area contributed by atoms with Crippen molar-refractivity contribution >= 4 is 34.7 Å². The molecule has 7 nitrogen and oxygen atoms in total. The number of carbonyl (C=O) groups is 4. The summed E-state index contributed by atoms with van der Waals surface area (Å²) in [5.74, 6) is -1.10. The van der Waals surface area contributed by atoms with Gasteiger partial charge in [-0.15, -0.1) is 0 Å². The number of benzene rings is 2. The number of esters is 1. The van der Waals surface area contributed by atoms with E-state index in [1.807, 2.05) is 36.4 Å². The third-order valence-corrected chi connectivity index (χ3v) is 7.26. The molecule has 3 rings (SSSR count). The fourth-order valence-electron chi connectivity index (χ4n) is 4.18. The first-order valence-corrected chi connectivity index (χ1v) is 13.6. The number of nitrogens with zero attached hydrogens (tertiary/aromatic N) is 1. The molecule has 0 radical (unpaired) electrons. The van der Waals surface area contributed by atoms with E-state index in [9.17, 15) is 19.2 Å². The van der Waals surface area contributed by atoms with Crippen LogP contribution in [0.4, 0.5) is 0 Å². The van der Waals surface area contributed by atoms with Crippen LogP contribution >= 0.6 is 11.8 Å². The van der Waals surface area contributed by atoms with Crippen molar-refractivity contribution in [3.63, 3.8) is 0 Å². The second-order valence-corrected chi connectivity index (χ2v) is 11.4. The largest absolute Gasteiger partial charge is 0.458 e. The van der Waals surface area contributed by atoms with E-state index in [0.717, 1.165) is 23.7 Å². The quantitative estimate of drug-likeness (QED) is 0.493. The number of hydrogen-bond acceptors (Lipinski definition) is 6. The monoisotopic (exact) mass is 524 g/mol. The van der Waals surface area contributed by atoms with Crippen LogP contribution in [0.1, 0.15) is 56.5 Å². The fraction of sp³-hybridized carbons (Fsp3) is 0.448. The van der Waals surface area contributed by atoms with E-state index < -0.39 is 23.6 Å². The molecule has 1 unspecified atom stereocenters. The summed E-state index contributed by atoms with van der Waals surface area (Å²) in [5, 5.41) is 2.66. The van der Waals surface area contributed by atoms with Crippen LogP contribution in [0, 0.1) is 5.92 Å². The smallest absolute Gasteiger partial charge is 0.329 e. The molecule has 0 saturated carbocycles. The molecule has 2 aromatic carbocycles. The van der Waals surface area contributed by atoms with Gasteiger partial charge in [0.15, 0.2) is 0 Å². The van der Waals surface area contributed by atoms with Gasteiger partial charge >= 0.3 is 5.97 Å². The highest BCUT2D eigenvalue weighted by Gasteiger charge is 2.38. The van der Waals surface area contributed by atoms with Gasteiger partial charge in [-0.3, -0.25) is 14.4 Å². The van der Waals surface area contributed by atoms with Crippen molar-refractivity contribution in [1.29, 1.82) is 0 Å². The van der Waals surface area contributed by atoms with E-state index in [4.69, 9.17) is 4.74 Å². The van der Waals surface area contributed by atoms with Gasteiger partial charge in [0.05, 0.1) is 0 Å². The van der Waals surface area contributed by atoms with E-state index in [1.54, 1.807) is 56.9 Å². The van der Waals surface area contributed by atoms with Crippen molar-refractivity contribution in [3.05, 3.63) is 71.8 Å². The van der Waals surface area contributed by atoms with Crippen LogP contribution in [-0.2, 0) is 25.5 Å². The lowest BCUT2D eigenvalue weighted by molar-refractivity contribution is -0.163. The highest BCUT2D eigenvalue weighted by atomic mass is 32.2. The Labute approximate surface area is 223 Å². The number of nitrogens with one attached hydrogen (secondary N) is 1. The molecule has 0 aliphatic carbocycles. The summed E-state index contributed by atoms with van der Waals surface area (Å²) >= 11 is 1.04. The van der Waals surface area contributed by atoms with Gasteiger partial charge in [0.1, 0.15) is 17.7 Å². The molecule has 1 heterocycles. The lowest BCUT2D eigenvalue weighted by Gasteiger charge is -2.29. The third kappa shape index (κ3) is 8.45. The van der Waals surface area contributed by atoms with E-state index >= 15 is 0 Å². The fourth-order valence-corrected chi connectivity index (χ4v) is 5.08. The van der Waals surface area contributed by atoms with Crippen molar-refractivity contribution < 1.29 is 23.9 Å². The maximum atomic E-state index is 13.2. The Kier molecular flexibility index (Phi) is 9.92. The Morgan fingerprint density at radius 1 is 1.03 bits per heavy atom. The van der Waals surface area contributed by atoms with Crippen molar-refractivity contribution in [3.8, 4) is 0 Å². The van der Waals surface area contributed by atoms with Gasteiger partial charge in [0.25, 0.3) is 5.91 Å². The summed E-state index contributed by atoms with van der Waals surface area (Å²) in [6.45, 7) is 7.68. The molecule has 0 spiro atoms. The normalized spacial score (nSPS) is 17.1. The SMILES string of the molecule is CC(CSC(=O)[C@H](Cc1ccccc1)NC(=O)c1ccccc1)C(=O)N1CCC[C@H]1C(=O)OC(C)(C)C. The van der Waals surface area contributed by atoms with Crippen LogP contribution in [0.3, 0.4) is 0 Å². The summed E-state index contributed by atoms with van der Waals surface area (Å²) in [5.41, 5.74) is 0.778. The number of rotatable bonds is 9. The highest BCUT2D eigenvalue weighted by Crippen LogP contribution is 2.25. The molecule has 37 heavy (non-hydrogen) atoms. The van der Waals surface area contributed by atoms with Crippen LogP contribution in [0.5, 0.6) is 0 Å². The zero-order valence-corrected chi connectivity index (χ0v) is 22.8. The molecule has 8 heteroatoms. The molecule has 1 saturated heterocycles. The minimum absolute atomic E-state index is 0.165. The standard InChI is InChI=1S/C29H36N2O5S/c1-20(26(33)31-17-11-16-24(31)27(34)36-29(2,3)4)19-37-28(35)23(18-21-12-7-5-8-13-21)30-25(32)22-14-9-6-10-15-22/h5-10,12-15,20,23-24H,11,16-19H2,1-4H3,(H,30,32)/t20?,23-,24-/m0/s1. The van der Waals surface area contributed by atoms with Crippen molar-refractivity contribution in [1.82, 2.24) is 10.2 Å². The Bertz CT molecular complexity index is 1080. The predicted octanol–water partition coefficient (Wildman–Crippen LogP) is 4.26. The third-order valence-electron chi connectivity index (χ3n) is 6.02. The molecule has 2 aromatic rings. The van der Waals surface area contributed by atoms with Crippen LogP contribution in [-0.4, -0.2) is 57.8 Å². The molecular weight excluding hydrogens is 488 g/mol. The van der Waals surface area contributed by atoms with Gasteiger partial charge in [0.2, 0.25) is 11.0 Å². The molecule has 0 bridgehead atoms. The first-order valence-electron chi connectivity index (χ1n) is 12.6. The molecule has 3 atom stereocenters. The second-order valence-electron chi connectivity index (χ2n) is 10.3. The number of amides is 2. The molecule has 1 N–H and O–H groups in total. The summed E-state index contributed by atoms with van der Waals surface area (Å²) in [4.78, 5) is 53.4. The van der Waals surface area contributed by atoms with Crippen LogP contribution < -0.4 is 5.32 Å². The number of carbonyl (C=O) groups excluding carboxylic acids is 4. The summed E-state index contributed by atoms with van der Waals surface area (Å²) in [6, 6.07) is 16.9. The van der Waals surface area contributed by atoms with Crippen molar-refractivity contribution in [2.75, 3.05) is 12.3 Å². The maximum absolute atomic E-state index is 13.2. The molecular formula is C29H36N2O5S. The highest BCUT2D eigenvalue weighted by molar-refractivity contribution is 8.13. The summed E-state index contributed by atoms with van der Waals surface area (Å²) < 4.78 is 5.51. The summed E-state index contributed by atoms with van der Waals surface area (Å²) in [7, 11) is 0. The van der Waals surface area contributed by atoms with E-state index in [0.29, 0.717) is 24.9 Å². The second kappa shape index (κ2) is 12.9. The molecule has 1 fully saturated rings. The lowest BCUT2D eigenvalue weighted by atomic mass is 10.1. The first kappa shape index (κ1) is 28.4. The zero-order chi connectivity index (χ0) is 27.0. The van der Waals surface area contributed by atoms with E-state index in [1.165, 1.54) is 0 Å².